The van der Waals surface area contributed by atoms with Crippen molar-refractivity contribution in [1.82, 2.24) is 9.80 Å². The number of aliphatic hydroxyl groups is 1. The van der Waals surface area contributed by atoms with Crippen molar-refractivity contribution in [2.45, 2.75) is 37.8 Å². The molecule has 3 rings (SSSR count). The Hall–Kier alpha value is -1.70. The quantitative estimate of drug-likeness (QED) is 0.570. The van der Waals surface area contributed by atoms with E-state index in [1.807, 2.05) is 0 Å². The Balaban J connectivity index is 1.44. The van der Waals surface area contributed by atoms with Crippen LogP contribution in [0.15, 0.2) is 24.3 Å². The Kier molecular flexibility index (Phi) is 6.23. The molecule has 2 unspecified atom stereocenters. The molecule has 2 aliphatic heterocycles. The summed E-state index contributed by atoms with van der Waals surface area (Å²) >= 11 is 0. The number of benzene rings is 1. The Morgan fingerprint density at radius 3 is 2.48 bits per heavy atom. The Labute approximate surface area is 148 Å². The van der Waals surface area contributed by atoms with Gasteiger partial charge in [0.1, 0.15) is 12.4 Å². The first kappa shape index (κ1) is 18.1. The number of rotatable bonds is 8. The van der Waals surface area contributed by atoms with E-state index >= 15 is 0 Å². The maximum Gasteiger partial charge on any atom is 0.269 e. The van der Waals surface area contributed by atoms with E-state index in [2.05, 4.69) is 9.80 Å². The van der Waals surface area contributed by atoms with Crippen molar-refractivity contribution in [2.75, 3.05) is 39.4 Å². The van der Waals surface area contributed by atoms with E-state index in [0.717, 1.165) is 32.6 Å². The first-order valence-corrected chi connectivity index (χ1v) is 9.13. The Bertz CT molecular complexity index is 566. The minimum atomic E-state index is -0.406. The van der Waals surface area contributed by atoms with Gasteiger partial charge in [-0.3, -0.25) is 19.9 Å². The lowest BCUT2D eigenvalue weighted by molar-refractivity contribution is -0.384. The number of hydrogen-bond acceptors (Lipinski definition) is 6. The van der Waals surface area contributed by atoms with Crippen LogP contribution in [0.25, 0.3) is 0 Å². The van der Waals surface area contributed by atoms with Gasteiger partial charge in [0.15, 0.2) is 0 Å². The third-order valence-corrected chi connectivity index (χ3v) is 5.35. The molecule has 0 amide bonds. The number of nitro groups is 1. The Morgan fingerprint density at radius 1 is 1.12 bits per heavy atom. The van der Waals surface area contributed by atoms with E-state index in [1.54, 1.807) is 12.1 Å². The zero-order chi connectivity index (χ0) is 17.6. The van der Waals surface area contributed by atoms with Crippen LogP contribution >= 0.6 is 0 Å². The van der Waals surface area contributed by atoms with Crippen LogP contribution in [0.2, 0.25) is 0 Å². The fourth-order valence-electron chi connectivity index (χ4n) is 3.95. The fourth-order valence-corrected chi connectivity index (χ4v) is 3.95. The van der Waals surface area contributed by atoms with Crippen molar-refractivity contribution < 1.29 is 14.8 Å². The van der Waals surface area contributed by atoms with Crippen molar-refractivity contribution in [3.05, 3.63) is 34.4 Å². The van der Waals surface area contributed by atoms with Gasteiger partial charge in [-0.15, -0.1) is 0 Å². The summed E-state index contributed by atoms with van der Waals surface area (Å²) in [6.07, 6.45) is 4.69. The monoisotopic (exact) mass is 349 g/mol. The SMILES string of the molecule is O=[N+]([O-])c1ccc(OCCN2CCCC2CN2CCCC2CO)cc1. The highest BCUT2D eigenvalue weighted by molar-refractivity contribution is 5.35. The van der Waals surface area contributed by atoms with Gasteiger partial charge in [0.2, 0.25) is 0 Å². The van der Waals surface area contributed by atoms with E-state index in [0.29, 0.717) is 24.4 Å². The molecule has 138 valence electrons. The lowest BCUT2D eigenvalue weighted by atomic mass is 10.2. The molecular formula is C18H27N3O4. The molecule has 1 N–H and O–H groups in total. The minimum Gasteiger partial charge on any atom is -0.492 e. The number of aliphatic hydroxyl groups excluding tert-OH is 1. The average Bonchev–Trinajstić information content (AvgIpc) is 3.25. The Morgan fingerprint density at radius 2 is 1.80 bits per heavy atom. The molecule has 0 saturated carbocycles. The molecule has 0 spiro atoms. The summed E-state index contributed by atoms with van der Waals surface area (Å²) in [5.41, 5.74) is 0.0796. The van der Waals surface area contributed by atoms with Crippen molar-refractivity contribution in [1.29, 1.82) is 0 Å². The highest BCUT2D eigenvalue weighted by Crippen LogP contribution is 2.23. The second kappa shape index (κ2) is 8.60. The van der Waals surface area contributed by atoms with Crippen LogP contribution in [0, 0.1) is 10.1 Å². The summed E-state index contributed by atoms with van der Waals surface area (Å²) in [6.45, 7) is 4.91. The van der Waals surface area contributed by atoms with Crippen LogP contribution in [0.1, 0.15) is 25.7 Å². The maximum absolute atomic E-state index is 10.7. The van der Waals surface area contributed by atoms with Crippen LogP contribution in [-0.4, -0.2) is 71.3 Å². The molecule has 2 aliphatic rings. The molecule has 2 saturated heterocycles. The zero-order valence-corrected chi connectivity index (χ0v) is 14.5. The van der Waals surface area contributed by atoms with Gasteiger partial charge in [-0.25, -0.2) is 0 Å². The molecular weight excluding hydrogens is 322 g/mol. The minimum absolute atomic E-state index is 0.0796. The predicted octanol–water partition coefficient (Wildman–Crippen LogP) is 1.89. The number of nitrogens with zero attached hydrogens (tertiary/aromatic N) is 3. The molecule has 0 aromatic heterocycles. The summed E-state index contributed by atoms with van der Waals surface area (Å²) in [6, 6.07) is 7.10. The summed E-state index contributed by atoms with van der Waals surface area (Å²) in [4.78, 5) is 15.2. The first-order valence-electron chi connectivity index (χ1n) is 9.13. The average molecular weight is 349 g/mol. The van der Waals surface area contributed by atoms with Crippen molar-refractivity contribution in [2.24, 2.45) is 0 Å². The highest BCUT2D eigenvalue weighted by Gasteiger charge is 2.30. The molecule has 1 aromatic rings. The largest absolute Gasteiger partial charge is 0.492 e. The number of hydrogen-bond donors (Lipinski definition) is 1. The smallest absolute Gasteiger partial charge is 0.269 e. The maximum atomic E-state index is 10.7. The third-order valence-electron chi connectivity index (χ3n) is 5.35. The highest BCUT2D eigenvalue weighted by atomic mass is 16.6. The standard InChI is InChI=1S/C18H27N3O4/c22-14-17-4-2-10-20(17)13-16-3-1-9-19(16)11-12-25-18-7-5-15(6-8-18)21(23)24/h5-8,16-17,22H,1-4,9-14H2. The van der Waals surface area contributed by atoms with Gasteiger partial charge in [-0.2, -0.15) is 0 Å². The topological polar surface area (TPSA) is 79.1 Å². The normalized spacial score (nSPS) is 24.7. The van der Waals surface area contributed by atoms with E-state index < -0.39 is 4.92 Å². The molecule has 2 fully saturated rings. The first-order chi connectivity index (χ1) is 12.2. The summed E-state index contributed by atoms with van der Waals surface area (Å²) in [5.74, 6) is 0.668. The molecule has 1 aromatic carbocycles. The molecule has 0 radical (unpaired) electrons. The number of non-ortho nitro benzene ring substituents is 1. The number of likely N-dealkylation sites (tertiary alicyclic amines) is 2. The van der Waals surface area contributed by atoms with Crippen molar-refractivity contribution in [3.63, 3.8) is 0 Å². The van der Waals surface area contributed by atoms with Crippen LogP contribution in [-0.2, 0) is 0 Å². The molecule has 25 heavy (non-hydrogen) atoms. The van der Waals surface area contributed by atoms with Crippen LogP contribution in [0.3, 0.4) is 0 Å². The summed E-state index contributed by atoms with van der Waals surface area (Å²) in [5, 5.41) is 20.1. The molecule has 0 aliphatic carbocycles. The molecule has 2 atom stereocenters. The second-order valence-corrected chi connectivity index (χ2v) is 6.91. The van der Waals surface area contributed by atoms with Gasteiger partial charge in [0, 0.05) is 37.3 Å². The van der Waals surface area contributed by atoms with E-state index in [1.165, 1.54) is 31.4 Å². The molecule has 2 heterocycles. The predicted molar refractivity (Wildman–Crippen MR) is 94.9 cm³/mol. The van der Waals surface area contributed by atoms with Crippen molar-refractivity contribution in [3.8, 4) is 5.75 Å². The lowest BCUT2D eigenvalue weighted by Gasteiger charge is -2.31. The number of nitro benzene ring substituents is 1. The molecule has 7 nitrogen and oxygen atoms in total. The van der Waals surface area contributed by atoms with Crippen LogP contribution < -0.4 is 4.74 Å². The van der Waals surface area contributed by atoms with E-state index in [-0.39, 0.29) is 12.3 Å². The molecule has 7 heteroatoms. The van der Waals surface area contributed by atoms with Gasteiger partial charge in [-0.05, 0) is 50.9 Å². The van der Waals surface area contributed by atoms with Gasteiger partial charge in [0.25, 0.3) is 5.69 Å². The fraction of sp³-hybridized carbons (Fsp3) is 0.667. The van der Waals surface area contributed by atoms with Gasteiger partial charge >= 0.3 is 0 Å². The lowest BCUT2D eigenvalue weighted by Crippen LogP contribution is -2.44. The van der Waals surface area contributed by atoms with E-state index in [4.69, 9.17) is 4.74 Å². The van der Waals surface area contributed by atoms with Crippen LogP contribution in [0.4, 0.5) is 5.69 Å². The zero-order valence-electron chi connectivity index (χ0n) is 14.5. The third kappa shape index (κ3) is 4.68. The van der Waals surface area contributed by atoms with Gasteiger partial charge in [-0.1, -0.05) is 0 Å². The van der Waals surface area contributed by atoms with Gasteiger partial charge in [0.05, 0.1) is 11.5 Å². The van der Waals surface area contributed by atoms with Gasteiger partial charge < -0.3 is 9.84 Å². The molecule has 0 bridgehead atoms. The summed E-state index contributed by atoms with van der Waals surface area (Å²) < 4.78 is 5.75. The van der Waals surface area contributed by atoms with Crippen LogP contribution in [0.5, 0.6) is 5.75 Å². The second-order valence-electron chi connectivity index (χ2n) is 6.91. The summed E-state index contributed by atoms with van der Waals surface area (Å²) in [7, 11) is 0. The van der Waals surface area contributed by atoms with E-state index in [9.17, 15) is 15.2 Å². The van der Waals surface area contributed by atoms with Crippen molar-refractivity contribution >= 4 is 5.69 Å². The number of ether oxygens (including phenoxy) is 1.